The van der Waals surface area contributed by atoms with E-state index >= 15 is 0 Å². The van der Waals surface area contributed by atoms with Crippen LogP contribution in [-0.4, -0.2) is 59.2 Å². The van der Waals surface area contributed by atoms with Crippen LogP contribution in [0.25, 0.3) is 0 Å². The van der Waals surface area contributed by atoms with Crippen LogP contribution in [0.1, 0.15) is 63.0 Å². The Morgan fingerprint density at radius 2 is 1.60 bits per heavy atom. The topological polar surface area (TPSA) is 69.7 Å². The van der Waals surface area contributed by atoms with E-state index in [2.05, 4.69) is 26.1 Å². The average Bonchev–Trinajstić information content (AvgIpc) is 2.81. The van der Waals surface area contributed by atoms with Crippen LogP contribution in [0.4, 0.5) is 0 Å². The van der Waals surface area contributed by atoms with Crippen molar-refractivity contribution in [2.24, 2.45) is 5.92 Å². The summed E-state index contributed by atoms with van der Waals surface area (Å²) in [5, 5.41) is 2.96. The first-order valence-corrected chi connectivity index (χ1v) is 12.5. The van der Waals surface area contributed by atoms with Crippen LogP contribution in [0.2, 0.25) is 0 Å². The molecule has 3 rings (SSSR count). The molecule has 35 heavy (non-hydrogen) atoms. The van der Waals surface area contributed by atoms with Crippen LogP contribution in [-0.2, 0) is 21.4 Å². The van der Waals surface area contributed by atoms with Crippen molar-refractivity contribution in [2.45, 2.75) is 65.5 Å². The lowest BCUT2D eigenvalue weighted by Crippen LogP contribution is -2.60. The number of hydrogen-bond acceptors (Lipinski definition) is 3. The fraction of sp³-hybridized carbons (Fsp3) is 0.483. The molecular formula is C29H39N3O3. The largest absolute Gasteiger partial charge is 0.340 e. The van der Waals surface area contributed by atoms with Gasteiger partial charge in [-0.2, -0.15) is 0 Å². The van der Waals surface area contributed by atoms with Crippen molar-refractivity contribution in [1.82, 2.24) is 15.1 Å². The van der Waals surface area contributed by atoms with E-state index < -0.39 is 6.04 Å². The lowest BCUT2D eigenvalue weighted by atomic mass is 9.86. The molecule has 0 bridgehead atoms. The number of benzene rings is 2. The summed E-state index contributed by atoms with van der Waals surface area (Å²) in [5.74, 6) is -0.333. The van der Waals surface area contributed by atoms with Gasteiger partial charge in [0.2, 0.25) is 11.8 Å². The molecule has 2 atom stereocenters. The maximum Gasteiger partial charge on any atom is 0.251 e. The van der Waals surface area contributed by atoms with Gasteiger partial charge in [-0.25, -0.2) is 0 Å². The molecule has 1 fully saturated rings. The monoisotopic (exact) mass is 477 g/mol. The molecule has 1 N–H and O–H groups in total. The van der Waals surface area contributed by atoms with Gasteiger partial charge in [-0.05, 0) is 41.5 Å². The Labute approximate surface area is 209 Å². The van der Waals surface area contributed by atoms with Crippen molar-refractivity contribution in [2.75, 3.05) is 19.6 Å². The van der Waals surface area contributed by atoms with Crippen molar-refractivity contribution in [3.8, 4) is 0 Å². The normalized spacial score (nSPS) is 17.3. The van der Waals surface area contributed by atoms with E-state index in [1.165, 1.54) is 0 Å². The third-order valence-electron chi connectivity index (χ3n) is 6.69. The molecule has 2 aromatic carbocycles. The number of carbonyl (C=O) groups is 3. The molecule has 3 amide bonds. The molecule has 0 spiro atoms. The van der Waals surface area contributed by atoms with Gasteiger partial charge in [-0.3, -0.25) is 14.4 Å². The second kappa shape index (κ2) is 11.1. The first-order chi connectivity index (χ1) is 16.5. The van der Waals surface area contributed by atoms with Crippen molar-refractivity contribution in [1.29, 1.82) is 0 Å². The smallest absolute Gasteiger partial charge is 0.251 e. The molecule has 1 saturated heterocycles. The second-order valence-electron chi connectivity index (χ2n) is 10.9. The minimum atomic E-state index is -0.622. The molecule has 6 heteroatoms. The molecule has 6 nitrogen and oxygen atoms in total. The fourth-order valence-electron chi connectivity index (χ4n) is 4.46. The summed E-state index contributed by atoms with van der Waals surface area (Å²) >= 11 is 0. The maximum absolute atomic E-state index is 13.4. The fourth-order valence-corrected chi connectivity index (χ4v) is 4.46. The van der Waals surface area contributed by atoms with Crippen molar-refractivity contribution in [3.63, 3.8) is 0 Å². The van der Waals surface area contributed by atoms with E-state index in [0.29, 0.717) is 31.6 Å². The van der Waals surface area contributed by atoms with Gasteiger partial charge in [0.15, 0.2) is 0 Å². The highest BCUT2D eigenvalue weighted by Gasteiger charge is 2.34. The number of rotatable bonds is 6. The van der Waals surface area contributed by atoms with E-state index in [-0.39, 0.29) is 35.1 Å². The maximum atomic E-state index is 13.4. The molecule has 188 valence electrons. The van der Waals surface area contributed by atoms with Crippen molar-refractivity contribution < 1.29 is 14.4 Å². The van der Waals surface area contributed by atoms with E-state index in [1.807, 2.05) is 80.3 Å². The zero-order chi connectivity index (χ0) is 25.8. The van der Waals surface area contributed by atoms with Gasteiger partial charge >= 0.3 is 0 Å². The minimum Gasteiger partial charge on any atom is -0.340 e. The summed E-state index contributed by atoms with van der Waals surface area (Å²) < 4.78 is 0. The summed E-state index contributed by atoms with van der Waals surface area (Å²) in [6.07, 6.45) is 0.359. The summed E-state index contributed by atoms with van der Waals surface area (Å²) in [6.45, 7) is 13.7. The van der Waals surface area contributed by atoms with Crippen LogP contribution in [0, 0.1) is 5.92 Å². The van der Waals surface area contributed by atoms with Crippen molar-refractivity contribution >= 4 is 17.7 Å². The first kappa shape index (κ1) is 26.5. The number of piperazine rings is 1. The number of carbonyl (C=O) groups excluding carboxylic acids is 3. The third kappa shape index (κ3) is 6.71. The number of nitrogens with one attached hydrogen (secondary N) is 1. The van der Waals surface area contributed by atoms with Gasteiger partial charge in [0.25, 0.3) is 5.91 Å². The molecule has 1 heterocycles. The zero-order valence-electron chi connectivity index (χ0n) is 21.9. The molecule has 0 aromatic heterocycles. The van der Waals surface area contributed by atoms with Gasteiger partial charge in [0.05, 0.1) is 6.42 Å². The number of hydrogen-bond donors (Lipinski definition) is 1. The van der Waals surface area contributed by atoms with Crippen LogP contribution in [0.15, 0.2) is 54.6 Å². The van der Waals surface area contributed by atoms with Gasteiger partial charge < -0.3 is 15.1 Å². The van der Waals surface area contributed by atoms with Crippen LogP contribution in [0.3, 0.4) is 0 Å². The van der Waals surface area contributed by atoms with E-state index in [1.54, 1.807) is 4.90 Å². The molecular weight excluding hydrogens is 438 g/mol. The molecule has 1 aliphatic rings. The van der Waals surface area contributed by atoms with Gasteiger partial charge in [0.1, 0.15) is 6.04 Å². The minimum absolute atomic E-state index is 0.00670. The van der Waals surface area contributed by atoms with Gasteiger partial charge in [-0.15, -0.1) is 0 Å². The quantitative estimate of drug-likeness (QED) is 0.683. The molecule has 0 radical (unpaired) electrons. The Hall–Kier alpha value is -3.15. The van der Waals surface area contributed by atoms with E-state index in [0.717, 1.165) is 11.1 Å². The standard InChI is InChI=1S/C29H39N3O3/c1-20(2)26(30-27(34)23-12-14-24(15-13-23)29(4,5)6)28(35)31-16-17-32(21(3)19-31)25(33)18-22-10-8-7-9-11-22/h7-15,20-21,26H,16-19H2,1-6H3,(H,30,34). The van der Waals surface area contributed by atoms with Gasteiger partial charge in [0, 0.05) is 31.2 Å². The van der Waals surface area contributed by atoms with E-state index in [9.17, 15) is 14.4 Å². The Morgan fingerprint density at radius 1 is 0.971 bits per heavy atom. The summed E-state index contributed by atoms with van der Waals surface area (Å²) in [6, 6.07) is 16.6. The summed E-state index contributed by atoms with van der Waals surface area (Å²) in [5.41, 5.74) is 2.69. The summed E-state index contributed by atoms with van der Waals surface area (Å²) in [7, 11) is 0. The second-order valence-corrected chi connectivity index (χ2v) is 10.9. The Bertz CT molecular complexity index is 1030. The average molecular weight is 478 g/mol. The lowest BCUT2D eigenvalue weighted by Gasteiger charge is -2.41. The van der Waals surface area contributed by atoms with Crippen LogP contribution >= 0.6 is 0 Å². The highest BCUT2D eigenvalue weighted by atomic mass is 16.2. The predicted octanol–water partition coefficient (Wildman–Crippen LogP) is 4.04. The molecule has 0 saturated carbocycles. The van der Waals surface area contributed by atoms with E-state index in [4.69, 9.17) is 0 Å². The number of amides is 3. The van der Waals surface area contributed by atoms with Crippen LogP contribution < -0.4 is 5.32 Å². The Balaban J connectivity index is 1.62. The molecule has 2 unspecified atom stereocenters. The van der Waals surface area contributed by atoms with Crippen molar-refractivity contribution in [3.05, 3.63) is 71.3 Å². The lowest BCUT2D eigenvalue weighted by molar-refractivity contribution is -0.143. The number of nitrogens with zero attached hydrogens (tertiary/aromatic N) is 2. The molecule has 0 aliphatic carbocycles. The third-order valence-corrected chi connectivity index (χ3v) is 6.69. The first-order valence-electron chi connectivity index (χ1n) is 12.5. The van der Waals surface area contributed by atoms with Gasteiger partial charge in [-0.1, -0.05) is 77.1 Å². The zero-order valence-corrected chi connectivity index (χ0v) is 21.9. The Kier molecular flexibility index (Phi) is 8.36. The van der Waals surface area contributed by atoms with Crippen LogP contribution in [0.5, 0.6) is 0 Å². The molecule has 1 aliphatic heterocycles. The summed E-state index contributed by atoms with van der Waals surface area (Å²) in [4.78, 5) is 42.9. The Morgan fingerprint density at radius 3 is 2.14 bits per heavy atom. The highest BCUT2D eigenvalue weighted by Crippen LogP contribution is 2.22. The highest BCUT2D eigenvalue weighted by molar-refractivity contribution is 5.97. The SMILES string of the molecule is CC(C)C(NC(=O)c1ccc(C(C)(C)C)cc1)C(=O)N1CCN(C(=O)Cc2ccccc2)C(C)C1. The predicted molar refractivity (Wildman–Crippen MR) is 139 cm³/mol. The molecule has 2 aromatic rings.